The van der Waals surface area contributed by atoms with Gasteiger partial charge in [-0.2, -0.15) is 4.52 Å². The first-order valence-electron chi connectivity index (χ1n) is 6.20. The molecule has 18 heavy (non-hydrogen) atoms. The summed E-state index contributed by atoms with van der Waals surface area (Å²) in [5.74, 6) is 0.984. The van der Waals surface area contributed by atoms with Gasteiger partial charge in [0.05, 0.1) is 0 Å². The van der Waals surface area contributed by atoms with E-state index < -0.39 is 0 Å². The van der Waals surface area contributed by atoms with Crippen LogP contribution in [0.15, 0.2) is 10.9 Å². The number of rotatable bonds is 4. The zero-order chi connectivity index (χ0) is 13.3. The molecule has 2 aromatic heterocycles. The van der Waals surface area contributed by atoms with Gasteiger partial charge in [0.2, 0.25) is 0 Å². The molecule has 0 saturated heterocycles. The summed E-state index contributed by atoms with van der Waals surface area (Å²) in [6.07, 6.45) is 0.730. The van der Waals surface area contributed by atoms with Gasteiger partial charge in [-0.25, -0.2) is 4.98 Å². The second-order valence-corrected chi connectivity index (χ2v) is 4.69. The molecule has 98 valence electrons. The molecule has 5 nitrogen and oxygen atoms in total. The van der Waals surface area contributed by atoms with E-state index in [-0.39, 0.29) is 5.56 Å². The minimum Gasteiger partial charge on any atom is -0.377 e. The maximum absolute atomic E-state index is 12.4. The Morgan fingerprint density at radius 1 is 1.50 bits per heavy atom. The number of H-pyrrole nitrogens is 1. The van der Waals surface area contributed by atoms with Gasteiger partial charge in [-0.15, -0.1) is 0 Å². The molecular weight excluding hydrogens is 230 g/mol. The Morgan fingerprint density at radius 2 is 2.22 bits per heavy atom. The lowest BCUT2D eigenvalue weighted by atomic mass is 9.97. The van der Waals surface area contributed by atoms with Crippen molar-refractivity contribution in [3.05, 3.63) is 33.4 Å². The van der Waals surface area contributed by atoms with Crippen LogP contribution in [-0.4, -0.2) is 21.7 Å². The molecule has 0 amide bonds. The van der Waals surface area contributed by atoms with E-state index in [1.807, 2.05) is 13.0 Å². The predicted molar refractivity (Wildman–Crippen MR) is 70.0 cm³/mol. The average Bonchev–Trinajstić information content (AvgIpc) is 2.72. The first kappa shape index (κ1) is 12.8. The normalized spacial score (nSPS) is 11.6. The zero-order valence-electron chi connectivity index (χ0n) is 11.3. The van der Waals surface area contributed by atoms with Gasteiger partial charge in [0, 0.05) is 12.7 Å². The second-order valence-electron chi connectivity index (χ2n) is 4.69. The molecule has 0 fully saturated rings. The van der Waals surface area contributed by atoms with Crippen LogP contribution < -0.4 is 5.56 Å². The van der Waals surface area contributed by atoms with Crippen molar-refractivity contribution in [2.45, 2.75) is 39.7 Å². The van der Waals surface area contributed by atoms with Crippen molar-refractivity contribution in [3.63, 3.8) is 0 Å². The topological polar surface area (TPSA) is 59.4 Å². The molecule has 5 heteroatoms. The third-order valence-corrected chi connectivity index (χ3v) is 3.07. The molecule has 2 aromatic rings. The summed E-state index contributed by atoms with van der Waals surface area (Å²) in [5, 5.41) is 2.97. The van der Waals surface area contributed by atoms with Crippen molar-refractivity contribution in [1.82, 2.24) is 14.6 Å². The highest BCUT2D eigenvalue weighted by molar-refractivity contribution is 5.45. The largest absolute Gasteiger partial charge is 0.377 e. The summed E-state index contributed by atoms with van der Waals surface area (Å²) >= 11 is 0. The van der Waals surface area contributed by atoms with Crippen LogP contribution in [0.4, 0.5) is 0 Å². The lowest BCUT2D eigenvalue weighted by Crippen LogP contribution is -2.21. The zero-order valence-corrected chi connectivity index (χ0v) is 11.3. The Kier molecular flexibility index (Phi) is 3.52. The standard InChI is InChI=1S/C13H19N3O2/c1-5-9-10(8(2)3)6-12-14-11(7-18-4)15-16(12)13(9)17/h6,8H,5,7H2,1-4H3,(H,14,15). The molecule has 0 aromatic carbocycles. The van der Waals surface area contributed by atoms with Gasteiger partial charge in [0.25, 0.3) is 5.56 Å². The molecule has 0 aliphatic carbocycles. The molecule has 2 heterocycles. The van der Waals surface area contributed by atoms with Gasteiger partial charge >= 0.3 is 0 Å². The molecule has 0 saturated carbocycles. The minimum atomic E-state index is -0.00597. The molecule has 0 aliphatic heterocycles. The minimum absolute atomic E-state index is 0.00597. The highest BCUT2D eigenvalue weighted by atomic mass is 16.5. The number of hydrogen-bond donors (Lipinski definition) is 1. The lowest BCUT2D eigenvalue weighted by Gasteiger charge is -2.10. The van der Waals surface area contributed by atoms with Gasteiger partial charge < -0.3 is 4.74 Å². The Hall–Kier alpha value is -1.62. The van der Waals surface area contributed by atoms with Crippen molar-refractivity contribution in [3.8, 4) is 0 Å². The number of hydrogen-bond acceptors (Lipinski definition) is 3. The summed E-state index contributed by atoms with van der Waals surface area (Å²) in [7, 11) is 1.60. The molecule has 0 aliphatic rings. The smallest absolute Gasteiger partial charge is 0.274 e. The van der Waals surface area contributed by atoms with Crippen LogP contribution in [0.2, 0.25) is 0 Å². The van der Waals surface area contributed by atoms with Gasteiger partial charge in [-0.3, -0.25) is 9.89 Å². The molecule has 0 spiro atoms. The molecule has 0 radical (unpaired) electrons. The van der Waals surface area contributed by atoms with E-state index in [4.69, 9.17) is 4.74 Å². The summed E-state index contributed by atoms with van der Waals surface area (Å²) in [4.78, 5) is 16.7. The number of aromatic amines is 1. The second kappa shape index (κ2) is 4.94. The van der Waals surface area contributed by atoms with Gasteiger partial charge in [0.15, 0.2) is 5.65 Å². The Labute approximate surface area is 106 Å². The van der Waals surface area contributed by atoms with Crippen molar-refractivity contribution in [2.24, 2.45) is 0 Å². The van der Waals surface area contributed by atoms with Crippen LogP contribution in [0.3, 0.4) is 0 Å². The van der Waals surface area contributed by atoms with Crippen LogP contribution >= 0.6 is 0 Å². The number of nitrogens with zero attached hydrogens (tertiary/aromatic N) is 2. The molecule has 0 unspecified atom stereocenters. The van der Waals surface area contributed by atoms with E-state index in [0.717, 1.165) is 17.5 Å². The third-order valence-electron chi connectivity index (χ3n) is 3.07. The van der Waals surface area contributed by atoms with Crippen LogP contribution in [0.5, 0.6) is 0 Å². The van der Waals surface area contributed by atoms with E-state index >= 15 is 0 Å². The Morgan fingerprint density at radius 3 is 2.78 bits per heavy atom. The highest BCUT2D eigenvalue weighted by Gasteiger charge is 2.14. The summed E-state index contributed by atoms with van der Waals surface area (Å²) in [6, 6.07) is 1.99. The Bertz CT molecular complexity index is 610. The maximum Gasteiger partial charge on any atom is 0.274 e. The van der Waals surface area contributed by atoms with Crippen molar-refractivity contribution in [2.75, 3.05) is 7.11 Å². The quantitative estimate of drug-likeness (QED) is 0.899. The van der Waals surface area contributed by atoms with Gasteiger partial charge in [-0.1, -0.05) is 20.8 Å². The fourth-order valence-electron chi connectivity index (χ4n) is 2.21. The molecule has 2 rings (SSSR count). The monoisotopic (exact) mass is 249 g/mol. The fourth-order valence-corrected chi connectivity index (χ4v) is 2.21. The molecular formula is C13H19N3O2. The van der Waals surface area contributed by atoms with Gasteiger partial charge in [0.1, 0.15) is 12.4 Å². The van der Waals surface area contributed by atoms with E-state index in [0.29, 0.717) is 24.0 Å². The first-order valence-corrected chi connectivity index (χ1v) is 6.20. The number of fused-ring (bicyclic) bond motifs is 1. The number of methoxy groups -OCH3 is 1. The molecule has 0 bridgehead atoms. The number of aromatic nitrogens is 3. The Balaban J connectivity index is 2.70. The maximum atomic E-state index is 12.4. The van der Waals surface area contributed by atoms with E-state index in [9.17, 15) is 4.79 Å². The SMILES string of the molecule is CCc1c(C(C)C)cc2nc(COC)[nH]n2c1=O. The number of pyridine rings is 1. The number of ether oxygens (including phenoxy) is 1. The van der Waals surface area contributed by atoms with Crippen LogP contribution in [0, 0.1) is 0 Å². The van der Waals surface area contributed by atoms with Crippen LogP contribution in [-0.2, 0) is 17.8 Å². The molecule has 1 N–H and O–H groups in total. The highest BCUT2D eigenvalue weighted by Crippen LogP contribution is 2.18. The summed E-state index contributed by atoms with van der Waals surface area (Å²) in [5.41, 5.74) is 2.59. The fraction of sp³-hybridized carbons (Fsp3) is 0.538. The number of nitrogens with one attached hydrogen (secondary N) is 1. The van der Waals surface area contributed by atoms with Crippen molar-refractivity contribution in [1.29, 1.82) is 0 Å². The lowest BCUT2D eigenvalue weighted by molar-refractivity contribution is 0.178. The first-order chi connectivity index (χ1) is 8.58. The predicted octanol–water partition coefficient (Wildman–Crippen LogP) is 1.85. The molecule has 0 atom stereocenters. The van der Waals surface area contributed by atoms with E-state index in [1.54, 1.807) is 7.11 Å². The van der Waals surface area contributed by atoms with Gasteiger partial charge in [-0.05, 0) is 24.0 Å². The average molecular weight is 249 g/mol. The third kappa shape index (κ3) is 2.06. The van der Waals surface area contributed by atoms with E-state index in [2.05, 4.69) is 23.9 Å². The van der Waals surface area contributed by atoms with Crippen LogP contribution in [0.25, 0.3) is 5.65 Å². The van der Waals surface area contributed by atoms with Crippen molar-refractivity contribution >= 4 is 5.65 Å². The summed E-state index contributed by atoms with van der Waals surface area (Å²) in [6.45, 7) is 6.56. The van der Waals surface area contributed by atoms with E-state index in [1.165, 1.54) is 4.52 Å². The van der Waals surface area contributed by atoms with Crippen molar-refractivity contribution < 1.29 is 4.74 Å². The van der Waals surface area contributed by atoms with Crippen LogP contribution in [0.1, 0.15) is 43.6 Å². The summed E-state index contributed by atoms with van der Waals surface area (Å²) < 4.78 is 6.52.